The fourth-order valence-corrected chi connectivity index (χ4v) is 1.46. The Hall–Kier alpha value is -2.29. The van der Waals surface area contributed by atoms with E-state index in [9.17, 15) is 14.7 Å². The molecule has 1 rings (SSSR count). The van der Waals surface area contributed by atoms with Crippen LogP contribution in [0.15, 0.2) is 0 Å². The van der Waals surface area contributed by atoms with Gasteiger partial charge in [0.2, 0.25) is 0 Å². The number of aromatic nitrogens is 3. The Labute approximate surface area is 121 Å². The topological polar surface area (TPSA) is 137 Å². The van der Waals surface area contributed by atoms with Crippen molar-refractivity contribution in [3.8, 4) is 0 Å². The van der Waals surface area contributed by atoms with Crippen LogP contribution in [-0.2, 0) is 17.6 Å². The van der Waals surface area contributed by atoms with E-state index in [1.165, 1.54) is 0 Å². The number of aliphatic hydroxyl groups is 1. The average Bonchev–Trinajstić information content (AvgIpc) is 2.45. The minimum Gasteiger partial charge on any atom is -0.479 e. The van der Waals surface area contributed by atoms with Crippen LogP contribution in [0.4, 0.5) is 10.7 Å². The van der Waals surface area contributed by atoms with Crippen LogP contribution in [0.3, 0.4) is 0 Å². The summed E-state index contributed by atoms with van der Waals surface area (Å²) in [5, 5.41) is 30.5. The third-order valence-corrected chi connectivity index (χ3v) is 2.79. The third kappa shape index (κ3) is 4.63. The third-order valence-electron chi connectivity index (χ3n) is 2.79. The molecule has 4 N–H and O–H groups in total. The Morgan fingerprint density at radius 2 is 1.81 bits per heavy atom. The molecule has 21 heavy (non-hydrogen) atoms. The first kappa shape index (κ1) is 16.8. The number of rotatable bonds is 6. The number of aryl methyl sites for hydroxylation is 2. The van der Waals surface area contributed by atoms with Gasteiger partial charge >= 0.3 is 12.0 Å². The summed E-state index contributed by atoms with van der Waals surface area (Å²) < 4.78 is 0. The molecular formula is C12H19N5O4. The minimum atomic E-state index is -2.04. The van der Waals surface area contributed by atoms with Crippen molar-refractivity contribution >= 4 is 17.9 Å². The highest BCUT2D eigenvalue weighted by molar-refractivity contribution is 5.88. The first-order valence-corrected chi connectivity index (χ1v) is 6.53. The number of nitrogens with one attached hydrogen (secondary N) is 2. The maximum Gasteiger partial charge on any atom is 0.337 e. The van der Waals surface area contributed by atoms with Gasteiger partial charge in [-0.3, -0.25) is 5.32 Å². The van der Waals surface area contributed by atoms with Gasteiger partial charge in [-0.25, -0.2) is 14.6 Å². The van der Waals surface area contributed by atoms with Crippen LogP contribution in [0.2, 0.25) is 0 Å². The Kier molecular flexibility index (Phi) is 5.53. The first-order valence-electron chi connectivity index (χ1n) is 6.53. The molecule has 0 radical (unpaired) electrons. The summed E-state index contributed by atoms with van der Waals surface area (Å²) in [5.74, 6) is -1.40. The van der Waals surface area contributed by atoms with Crippen LogP contribution in [0.1, 0.15) is 32.2 Å². The van der Waals surface area contributed by atoms with E-state index in [-0.39, 0.29) is 5.95 Å². The molecule has 0 saturated heterocycles. The number of hydrogen-bond acceptors (Lipinski definition) is 6. The molecule has 0 bridgehead atoms. The number of hydrogen-bond donors (Lipinski definition) is 4. The standard InChI is InChI=1S/C12H19N5O4/c1-4-7-8(5-2)16-17-10(14-7)15-11(20)13-6-12(3,21)9(18)19/h21H,4-6H2,1-3H3,(H,18,19)(H2,13,14,15,17,20). The Morgan fingerprint density at radius 1 is 1.19 bits per heavy atom. The van der Waals surface area contributed by atoms with E-state index in [1.54, 1.807) is 0 Å². The maximum atomic E-state index is 11.6. The van der Waals surface area contributed by atoms with Gasteiger partial charge in [-0.1, -0.05) is 13.8 Å². The Bertz CT molecular complexity index is 532. The molecule has 9 nitrogen and oxygen atoms in total. The summed E-state index contributed by atoms with van der Waals surface area (Å²) in [7, 11) is 0. The molecule has 0 aliphatic heterocycles. The molecule has 1 aromatic heterocycles. The second-order valence-corrected chi connectivity index (χ2v) is 4.62. The predicted octanol–water partition coefficient (Wildman–Crippen LogP) is -0.0465. The summed E-state index contributed by atoms with van der Waals surface area (Å²) >= 11 is 0. The smallest absolute Gasteiger partial charge is 0.337 e. The van der Waals surface area contributed by atoms with Gasteiger partial charge in [-0.15, -0.1) is 10.2 Å². The van der Waals surface area contributed by atoms with Crippen molar-refractivity contribution < 1.29 is 19.8 Å². The summed E-state index contributed by atoms with van der Waals surface area (Å²) in [6.07, 6.45) is 1.35. The molecule has 1 heterocycles. The first-order chi connectivity index (χ1) is 9.80. The SMILES string of the molecule is CCc1nnc(NC(=O)NCC(C)(O)C(=O)O)nc1CC. The highest BCUT2D eigenvalue weighted by Gasteiger charge is 2.30. The zero-order valence-electron chi connectivity index (χ0n) is 12.2. The number of anilines is 1. The van der Waals surface area contributed by atoms with Crippen LogP contribution in [0.25, 0.3) is 0 Å². The number of amides is 2. The molecule has 0 spiro atoms. The van der Waals surface area contributed by atoms with Gasteiger partial charge in [0.05, 0.1) is 17.9 Å². The van der Waals surface area contributed by atoms with E-state index >= 15 is 0 Å². The monoisotopic (exact) mass is 297 g/mol. The lowest BCUT2D eigenvalue weighted by atomic mass is 10.1. The molecule has 0 fully saturated rings. The fourth-order valence-electron chi connectivity index (χ4n) is 1.46. The number of aliphatic carboxylic acids is 1. The van der Waals surface area contributed by atoms with Gasteiger partial charge in [0.1, 0.15) is 0 Å². The fraction of sp³-hybridized carbons (Fsp3) is 0.583. The van der Waals surface area contributed by atoms with Crippen molar-refractivity contribution in [2.24, 2.45) is 0 Å². The van der Waals surface area contributed by atoms with Crippen molar-refractivity contribution in [3.05, 3.63) is 11.4 Å². The van der Waals surface area contributed by atoms with E-state index in [2.05, 4.69) is 25.8 Å². The second kappa shape index (κ2) is 6.93. The molecule has 0 aromatic carbocycles. The zero-order valence-corrected chi connectivity index (χ0v) is 12.2. The van der Waals surface area contributed by atoms with Gasteiger partial charge in [-0.05, 0) is 19.8 Å². The largest absolute Gasteiger partial charge is 0.479 e. The van der Waals surface area contributed by atoms with Gasteiger partial charge < -0.3 is 15.5 Å². The molecule has 1 atom stereocenters. The maximum absolute atomic E-state index is 11.6. The normalized spacial score (nSPS) is 13.3. The number of urea groups is 1. The molecule has 1 aromatic rings. The van der Waals surface area contributed by atoms with Crippen LogP contribution in [-0.4, -0.2) is 49.5 Å². The van der Waals surface area contributed by atoms with Crippen LogP contribution < -0.4 is 10.6 Å². The molecule has 116 valence electrons. The van der Waals surface area contributed by atoms with Crippen molar-refractivity contribution in [1.29, 1.82) is 0 Å². The van der Waals surface area contributed by atoms with Gasteiger partial charge in [0.15, 0.2) is 5.60 Å². The van der Waals surface area contributed by atoms with E-state index in [0.717, 1.165) is 18.3 Å². The molecule has 0 saturated carbocycles. The van der Waals surface area contributed by atoms with Gasteiger partial charge in [0.25, 0.3) is 5.95 Å². The molecule has 1 unspecified atom stereocenters. The van der Waals surface area contributed by atoms with E-state index in [4.69, 9.17) is 5.11 Å². The van der Waals surface area contributed by atoms with Crippen molar-refractivity contribution in [2.75, 3.05) is 11.9 Å². The lowest BCUT2D eigenvalue weighted by molar-refractivity contribution is -0.155. The Balaban J connectivity index is 2.65. The number of carbonyl (C=O) groups is 2. The second-order valence-electron chi connectivity index (χ2n) is 4.62. The number of nitrogens with zero attached hydrogens (tertiary/aromatic N) is 3. The quantitative estimate of drug-likeness (QED) is 0.577. The number of carbonyl (C=O) groups excluding carboxylic acids is 1. The molecule has 2 amide bonds. The van der Waals surface area contributed by atoms with Gasteiger partial charge in [0, 0.05) is 0 Å². The average molecular weight is 297 g/mol. The number of carboxylic acids is 1. The Morgan fingerprint density at radius 3 is 2.33 bits per heavy atom. The van der Waals surface area contributed by atoms with Crippen LogP contribution in [0, 0.1) is 0 Å². The molecule has 0 aliphatic carbocycles. The van der Waals surface area contributed by atoms with Gasteiger partial charge in [-0.2, -0.15) is 0 Å². The molecule has 9 heteroatoms. The van der Waals surface area contributed by atoms with Crippen molar-refractivity contribution in [2.45, 2.75) is 39.2 Å². The van der Waals surface area contributed by atoms with E-state index < -0.39 is 24.1 Å². The zero-order chi connectivity index (χ0) is 16.0. The highest BCUT2D eigenvalue weighted by Crippen LogP contribution is 2.07. The van der Waals surface area contributed by atoms with E-state index in [0.29, 0.717) is 12.8 Å². The van der Waals surface area contributed by atoms with Crippen molar-refractivity contribution in [1.82, 2.24) is 20.5 Å². The molecule has 0 aliphatic rings. The minimum absolute atomic E-state index is 0.0246. The summed E-state index contributed by atoms with van der Waals surface area (Å²) in [6.45, 7) is 4.48. The van der Waals surface area contributed by atoms with Crippen molar-refractivity contribution in [3.63, 3.8) is 0 Å². The summed E-state index contributed by atoms with van der Waals surface area (Å²) in [6, 6.07) is -0.718. The number of carboxylic acid groups (broad SMARTS) is 1. The van der Waals surface area contributed by atoms with E-state index in [1.807, 2.05) is 13.8 Å². The van der Waals surface area contributed by atoms with Crippen LogP contribution >= 0.6 is 0 Å². The lowest BCUT2D eigenvalue weighted by Gasteiger charge is -2.18. The highest BCUT2D eigenvalue weighted by atomic mass is 16.4. The predicted molar refractivity (Wildman–Crippen MR) is 73.9 cm³/mol. The van der Waals surface area contributed by atoms with Crippen LogP contribution in [0.5, 0.6) is 0 Å². The summed E-state index contributed by atoms with van der Waals surface area (Å²) in [5.41, 5.74) is -0.547. The molecular weight excluding hydrogens is 278 g/mol. The summed E-state index contributed by atoms with van der Waals surface area (Å²) in [4.78, 5) is 26.4. The lowest BCUT2D eigenvalue weighted by Crippen LogP contribution is -2.47.